The van der Waals surface area contributed by atoms with Gasteiger partial charge in [-0.2, -0.15) is 0 Å². The highest BCUT2D eigenvalue weighted by Crippen LogP contribution is 2.41. The van der Waals surface area contributed by atoms with E-state index in [-0.39, 0.29) is 17.1 Å². The second kappa shape index (κ2) is 7.68. The molecule has 0 N–H and O–H groups in total. The number of thioether (sulfide) groups is 1. The van der Waals surface area contributed by atoms with Gasteiger partial charge in [0.25, 0.3) is 5.91 Å². The molecular weight excluding hydrogens is 418 g/mol. The number of hydrogen-bond donors (Lipinski definition) is 0. The second-order valence-corrected chi connectivity index (χ2v) is 9.18. The van der Waals surface area contributed by atoms with Gasteiger partial charge in [0.1, 0.15) is 5.58 Å². The molecule has 5 heteroatoms. The number of nitrogens with zero attached hydrogens (tertiary/aromatic N) is 1. The topological polar surface area (TPSA) is 50.5 Å². The maximum absolute atomic E-state index is 13.7. The van der Waals surface area contributed by atoms with Crippen molar-refractivity contribution in [2.75, 3.05) is 11.2 Å². The summed E-state index contributed by atoms with van der Waals surface area (Å²) < 4.78 is 6.12. The summed E-state index contributed by atoms with van der Waals surface area (Å²) in [5.74, 6) is -0.159. The molecule has 0 fully saturated rings. The van der Waals surface area contributed by atoms with Crippen molar-refractivity contribution in [3.8, 4) is 0 Å². The normalized spacial score (nSPS) is 15.4. The smallest absolute Gasteiger partial charge is 0.295 e. The van der Waals surface area contributed by atoms with E-state index in [0.717, 1.165) is 32.8 Å². The van der Waals surface area contributed by atoms with Crippen molar-refractivity contribution >= 4 is 34.3 Å². The fourth-order valence-electron chi connectivity index (χ4n) is 4.37. The van der Waals surface area contributed by atoms with E-state index in [4.69, 9.17) is 4.42 Å². The molecule has 5 rings (SSSR count). The molecule has 0 spiro atoms. The molecule has 0 radical (unpaired) electrons. The van der Waals surface area contributed by atoms with E-state index < -0.39 is 6.04 Å². The lowest BCUT2D eigenvalue weighted by atomic mass is 9.97. The number of aryl methyl sites for hydroxylation is 3. The predicted molar refractivity (Wildman–Crippen MR) is 130 cm³/mol. The minimum atomic E-state index is -0.544. The molecule has 32 heavy (non-hydrogen) atoms. The lowest BCUT2D eigenvalue weighted by molar-refractivity contribution is 0.0971. The summed E-state index contributed by atoms with van der Waals surface area (Å²) in [6.45, 7) is 5.94. The van der Waals surface area contributed by atoms with Crippen LogP contribution in [-0.4, -0.2) is 12.2 Å². The summed E-state index contributed by atoms with van der Waals surface area (Å²) in [6, 6.07) is 19.0. The molecule has 160 valence electrons. The van der Waals surface area contributed by atoms with E-state index in [1.54, 1.807) is 16.7 Å². The Hall–Kier alpha value is -3.31. The summed E-state index contributed by atoms with van der Waals surface area (Å²) >= 11 is 1.65. The van der Waals surface area contributed by atoms with Crippen molar-refractivity contribution in [1.29, 1.82) is 0 Å². The Morgan fingerprint density at radius 1 is 0.906 bits per heavy atom. The van der Waals surface area contributed by atoms with E-state index >= 15 is 0 Å². The number of benzene rings is 3. The van der Waals surface area contributed by atoms with Crippen LogP contribution in [0.25, 0.3) is 11.0 Å². The average molecular weight is 442 g/mol. The highest BCUT2D eigenvalue weighted by Gasteiger charge is 2.43. The van der Waals surface area contributed by atoms with Crippen molar-refractivity contribution in [3.05, 3.63) is 104 Å². The summed E-state index contributed by atoms with van der Waals surface area (Å²) in [7, 11) is 0. The van der Waals surface area contributed by atoms with E-state index in [1.165, 1.54) is 0 Å². The van der Waals surface area contributed by atoms with Gasteiger partial charge in [-0.3, -0.25) is 14.5 Å². The summed E-state index contributed by atoms with van der Waals surface area (Å²) in [6.07, 6.45) is 2.02. The maximum Gasteiger partial charge on any atom is 0.295 e. The van der Waals surface area contributed by atoms with Gasteiger partial charge < -0.3 is 4.42 Å². The van der Waals surface area contributed by atoms with Gasteiger partial charge in [0, 0.05) is 10.6 Å². The molecule has 0 bridgehead atoms. The Balaban J connectivity index is 1.81. The molecule has 0 saturated heterocycles. The van der Waals surface area contributed by atoms with Gasteiger partial charge in [-0.1, -0.05) is 24.3 Å². The van der Waals surface area contributed by atoms with E-state index in [9.17, 15) is 9.59 Å². The van der Waals surface area contributed by atoms with Crippen LogP contribution in [0.5, 0.6) is 0 Å². The average Bonchev–Trinajstić information content (AvgIpc) is 3.08. The molecule has 4 aromatic rings. The fourth-order valence-corrected chi connectivity index (χ4v) is 4.78. The van der Waals surface area contributed by atoms with Crippen LogP contribution in [0.3, 0.4) is 0 Å². The fraction of sp³-hybridized carbons (Fsp3) is 0.185. The van der Waals surface area contributed by atoms with Crippen molar-refractivity contribution < 1.29 is 9.21 Å². The van der Waals surface area contributed by atoms with Crippen LogP contribution < -0.4 is 10.3 Å². The zero-order chi connectivity index (χ0) is 22.6. The SMILES string of the molecule is CSc1ccc(C2c3c(oc4cc(C)c(C)cc4c3=O)C(=O)N2c2cccc(C)c2)cc1. The first-order chi connectivity index (χ1) is 15.4. The van der Waals surface area contributed by atoms with Crippen LogP contribution in [0, 0.1) is 20.8 Å². The minimum absolute atomic E-state index is 0.131. The van der Waals surface area contributed by atoms with Crippen LogP contribution >= 0.6 is 11.8 Å². The number of carbonyl (C=O) groups excluding carboxylic acids is 1. The lowest BCUT2D eigenvalue weighted by Gasteiger charge is -2.25. The van der Waals surface area contributed by atoms with Crippen molar-refractivity contribution in [2.24, 2.45) is 0 Å². The van der Waals surface area contributed by atoms with Gasteiger partial charge in [0.05, 0.1) is 17.0 Å². The quantitative estimate of drug-likeness (QED) is 0.356. The first-order valence-corrected chi connectivity index (χ1v) is 11.7. The zero-order valence-corrected chi connectivity index (χ0v) is 19.2. The van der Waals surface area contributed by atoms with Crippen LogP contribution in [0.2, 0.25) is 0 Å². The molecule has 1 aliphatic rings. The number of rotatable bonds is 3. The minimum Gasteiger partial charge on any atom is -0.450 e. The number of carbonyl (C=O) groups is 1. The Bertz CT molecular complexity index is 1440. The highest BCUT2D eigenvalue weighted by molar-refractivity contribution is 7.98. The molecular formula is C27H23NO3S. The molecule has 1 amide bonds. The van der Waals surface area contributed by atoms with Crippen molar-refractivity contribution in [2.45, 2.75) is 31.7 Å². The molecule has 0 aliphatic carbocycles. The molecule has 1 aromatic heterocycles. The van der Waals surface area contributed by atoms with Crippen LogP contribution in [0.1, 0.15) is 44.4 Å². The molecule has 1 unspecified atom stereocenters. The maximum atomic E-state index is 13.7. The third-order valence-corrected chi connectivity index (χ3v) is 6.94. The van der Waals surface area contributed by atoms with Crippen LogP contribution in [-0.2, 0) is 0 Å². The van der Waals surface area contributed by atoms with Crippen molar-refractivity contribution in [1.82, 2.24) is 0 Å². The number of amides is 1. The highest BCUT2D eigenvalue weighted by atomic mass is 32.2. The van der Waals surface area contributed by atoms with E-state index in [1.807, 2.05) is 87.7 Å². The van der Waals surface area contributed by atoms with Crippen molar-refractivity contribution in [3.63, 3.8) is 0 Å². The zero-order valence-electron chi connectivity index (χ0n) is 18.4. The first kappa shape index (κ1) is 20.6. The second-order valence-electron chi connectivity index (χ2n) is 8.30. The van der Waals surface area contributed by atoms with Crippen LogP contribution in [0.4, 0.5) is 5.69 Å². The Kier molecular flexibility index (Phi) is 4.94. The molecule has 0 saturated carbocycles. The van der Waals surface area contributed by atoms with Gasteiger partial charge in [0.2, 0.25) is 5.76 Å². The first-order valence-electron chi connectivity index (χ1n) is 10.5. The van der Waals surface area contributed by atoms with Gasteiger partial charge >= 0.3 is 0 Å². The molecule has 1 atom stereocenters. The third-order valence-electron chi connectivity index (χ3n) is 6.20. The Morgan fingerprint density at radius 2 is 1.62 bits per heavy atom. The van der Waals surface area contributed by atoms with Gasteiger partial charge in [0.15, 0.2) is 5.43 Å². The van der Waals surface area contributed by atoms with Gasteiger partial charge in [-0.25, -0.2) is 0 Å². The summed E-state index contributed by atoms with van der Waals surface area (Å²) in [5.41, 5.74) is 5.42. The molecule has 1 aliphatic heterocycles. The third kappa shape index (κ3) is 3.16. The number of anilines is 1. The largest absolute Gasteiger partial charge is 0.450 e. The predicted octanol–water partition coefficient (Wildman–Crippen LogP) is 6.19. The van der Waals surface area contributed by atoms with Gasteiger partial charge in [-0.05, 0) is 85.7 Å². The lowest BCUT2D eigenvalue weighted by Crippen LogP contribution is -2.29. The molecule has 4 nitrogen and oxygen atoms in total. The van der Waals surface area contributed by atoms with E-state index in [2.05, 4.69) is 0 Å². The summed E-state index contributed by atoms with van der Waals surface area (Å²) in [4.78, 5) is 30.2. The monoisotopic (exact) mass is 441 g/mol. The molecule has 2 heterocycles. The molecule has 3 aromatic carbocycles. The number of hydrogen-bond acceptors (Lipinski definition) is 4. The van der Waals surface area contributed by atoms with Crippen LogP contribution in [0.15, 0.2) is 74.8 Å². The standard InChI is InChI=1S/C27H23NO3S/c1-15-6-5-7-19(12-15)28-24(18-8-10-20(32-4)11-9-18)23-25(29)21-13-16(2)17(3)14-22(21)31-26(23)27(28)30/h5-14,24H,1-4H3. The summed E-state index contributed by atoms with van der Waals surface area (Å²) in [5, 5.41) is 0.511. The van der Waals surface area contributed by atoms with E-state index in [0.29, 0.717) is 16.5 Å². The number of fused-ring (bicyclic) bond motifs is 2. The van der Waals surface area contributed by atoms with Gasteiger partial charge in [-0.15, -0.1) is 11.8 Å². The Labute approximate surface area is 190 Å². The Morgan fingerprint density at radius 3 is 2.31 bits per heavy atom.